The van der Waals surface area contributed by atoms with Crippen LogP contribution >= 0.6 is 0 Å². The molecule has 78 valence electrons. The van der Waals surface area contributed by atoms with Crippen LogP contribution in [-0.4, -0.2) is 36.5 Å². The normalized spacial score (nSPS) is 8.93. The molecule has 0 saturated carbocycles. The van der Waals surface area contributed by atoms with Crippen LogP contribution in [0.5, 0.6) is 0 Å². The summed E-state index contributed by atoms with van der Waals surface area (Å²) in [4.78, 5) is 23.3. The molecule has 0 heterocycles. The Hall–Kier alpha value is -1.57. The second-order valence-corrected chi connectivity index (χ2v) is 2.65. The van der Waals surface area contributed by atoms with E-state index >= 15 is 0 Å². The predicted molar refractivity (Wildman–Crippen MR) is 49.1 cm³/mol. The summed E-state index contributed by atoms with van der Waals surface area (Å²) in [6, 6.07) is 1.91. The lowest BCUT2D eigenvalue weighted by Gasteiger charge is -2.17. The van der Waals surface area contributed by atoms with E-state index in [2.05, 4.69) is 4.74 Å². The zero-order valence-electron chi connectivity index (χ0n) is 8.45. The standard InChI is InChI=1S/C9H14N2O3/c1-3-14-9(13)7-11(8(2)12)6-4-5-10/h3-4,6-7H2,1-2H3. The molecule has 0 aromatic heterocycles. The van der Waals surface area contributed by atoms with Gasteiger partial charge in [0.1, 0.15) is 6.54 Å². The maximum absolute atomic E-state index is 11.0. The minimum Gasteiger partial charge on any atom is -0.465 e. The highest BCUT2D eigenvalue weighted by atomic mass is 16.5. The van der Waals surface area contributed by atoms with Crippen molar-refractivity contribution in [2.24, 2.45) is 0 Å². The maximum atomic E-state index is 11.0. The molecule has 14 heavy (non-hydrogen) atoms. The Kier molecular flexibility index (Phi) is 6.12. The Morgan fingerprint density at radius 2 is 2.14 bits per heavy atom. The summed E-state index contributed by atoms with van der Waals surface area (Å²) >= 11 is 0. The molecule has 0 aliphatic rings. The van der Waals surface area contributed by atoms with Gasteiger partial charge in [-0.1, -0.05) is 0 Å². The molecule has 0 rings (SSSR count). The summed E-state index contributed by atoms with van der Waals surface area (Å²) in [6.07, 6.45) is 0.221. The van der Waals surface area contributed by atoms with E-state index in [0.717, 1.165) is 0 Å². The number of esters is 1. The van der Waals surface area contributed by atoms with Crippen LogP contribution in [0.3, 0.4) is 0 Å². The molecule has 0 aromatic rings. The fraction of sp³-hybridized carbons (Fsp3) is 0.667. The van der Waals surface area contributed by atoms with E-state index in [4.69, 9.17) is 5.26 Å². The minimum absolute atomic E-state index is 0.0785. The van der Waals surface area contributed by atoms with E-state index in [1.165, 1.54) is 11.8 Å². The molecule has 1 amide bonds. The predicted octanol–water partition coefficient (Wildman–Crippen LogP) is 0.312. The van der Waals surface area contributed by atoms with Crippen LogP contribution in [0.1, 0.15) is 20.3 Å². The summed E-state index contributed by atoms with van der Waals surface area (Å²) in [5.74, 6) is -0.672. The van der Waals surface area contributed by atoms with Crippen LogP contribution in [0.25, 0.3) is 0 Å². The van der Waals surface area contributed by atoms with Crippen LogP contribution in [0.4, 0.5) is 0 Å². The summed E-state index contributed by atoms with van der Waals surface area (Å²) in [5, 5.41) is 8.33. The molecule has 0 atom stereocenters. The average Bonchev–Trinajstić information content (AvgIpc) is 2.12. The Bertz CT molecular complexity index is 245. The molecule has 0 bridgehead atoms. The Morgan fingerprint density at radius 1 is 1.50 bits per heavy atom. The van der Waals surface area contributed by atoms with Crippen LogP contribution in [0.15, 0.2) is 0 Å². The molecule has 5 heteroatoms. The second-order valence-electron chi connectivity index (χ2n) is 2.65. The lowest BCUT2D eigenvalue weighted by Crippen LogP contribution is -2.35. The highest BCUT2D eigenvalue weighted by Crippen LogP contribution is 1.93. The van der Waals surface area contributed by atoms with Crippen LogP contribution in [-0.2, 0) is 14.3 Å². The number of ether oxygens (including phenoxy) is 1. The summed E-state index contributed by atoms with van der Waals surface area (Å²) < 4.78 is 4.69. The molecule has 0 unspecified atom stereocenters. The number of nitrogens with zero attached hydrogens (tertiary/aromatic N) is 2. The third-order valence-electron chi connectivity index (χ3n) is 1.56. The van der Waals surface area contributed by atoms with Crippen molar-refractivity contribution < 1.29 is 14.3 Å². The summed E-state index contributed by atoms with van der Waals surface area (Å²) in [6.45, 7) is 3.54. The third kappa shape index (κ3) is 5.14. The fourth-order valence-electron chi connectivity index (χ4n) is 0.895. The Morgan fingerprint density at radius 3 is 2.57 bits per heavy atom. The molecule has 0 aliphatic carbocycles. The molecule has 0 spiro atoms. The van der Waals surface area contributed by atoms with Gasteiger partial charge in [0.2, 0.25) is 5.91 Å². The van der Waals surface area contributed by atoms with Crippen molar-refractivity contribution in [1.82, 2.24) is 4.90 Å². The van der Waals surface area contributed by atoms with Gasteiger partial charge in [-0.15, -0.1) is 0 Å². The molecule has 0 aliphatic heterocycles. The van der Waals surface area contributed by atoms with Gasteiger partial charge in [0, 0.05) is 13.5 Å². The van der Waals surface area contributed by atoms with Gasteiger partial charge in [-0.25, -0.2) is 0 Å². The van der Waals surface area contributed by atoms with Crippen molar-refractivity contribution in [3.05, 3.63) is 0 Å². The SMILES string of the molecule is CCOC(=O)CN(CCC#N)C(C)=O. The molecule has 0 radical (unpaired) electrons. The molecular formula is C9H14N2O3. The second kappa shape index (κ2) is 6.89. The first-order chi connectivity index (χ1) is 6.61. The maximum Gasteiger partial charge on any atom is 0.325 e. The first kappa shape index (κ1) is 12.4. The van der Waals surface area contributed by atoms with Gasteiger partial charge in [0.05, 0.1) is 19.1 Å². The van der Waals surface area contributed by atoms with E-state index in [1.54, 1.807) is 6.92 Å². The van der Waals surface area contributed by atoms with Gasteiger partial charge >= 0.3 is 5.97 Å². The van der Waals surface area contributed by atoms with Crippen molar-refractivity contribution >= 4 is 11.9 Å². The van der Waals surface area contributed by atoms with Gasteiger partial charge in [-0.2, -0.15) is 5.26 Å². The first-order valence-corrected chi connectivity index (χ1v) is 4.39. The fourth-order valence-corrected chi connectivity index (χ4v) is 0.895. The molecular weight excluding hydrogens is 184 g/mol. The molecule has 5 nitrogen and oxygen atoms in total. The van der Waals surface area contributed by atoms with Gasteiger partial charge < -0.3 is 9.64 Å². The smallest absolute Gasteiger partial charge is 0.325 e. The Balaban J connectivity index is 4.03. The van der Waals surface area contributed by atoms with Crippen molar-refractivity contribution in [3.8, 4) is 6.07 Å². The topological polar surface area (TPSA) is 70.4 Å². The monoisotopic (exact) mass is 198 g/mol. The van der Waals surface area contributed by atoms with Crippen LogP contribution in [0.2, 0.25) is 0 Å². The number of nitriles is 1. The van der Waals surface area contributed by atoms with Gasteiger partial charge in [0.25, 0.3) is 0 Å². The third-order valence-corrected chi connectivity index (χ3v) is 1.56. The van der Waals surface area contributed by atoms with E-state index < -0.39 is 5.97 Å². The molecule has 0 N–H and O–H groups in total. The van der Waals surface area contributed by atoms with Gasteiger partial charge in [-0.3, -0.25) is 9.59 Å². The number of carbonyl (C=O) groups excluding carboxylic acids is 2. The summed E-state index contributed by atoms with van der Waals surface area (Å²) in [5.41, 5.74) is 0. The minimum atomic E-state index is -0.444. The van der Waals surface area contributed by atoms with Crippen molar-refractivity contribution in [1.29, 1.82) is 5.26 Å². The zero-order chi connectivity index (χ0) is 11.0. The number of carbonyl (C=O) groups is 2. The number of hydrogen-bond acceptors (Lipinski definition) is 4. The lowest BCUT2D eigenvalue weighted by atomic mass is 10.4. The number of hydrogen-bond donors (Lipinski definition) is 0. The highest BCUT2D eigenvalue weighted by molar-refractivity contribution is 5.80. The van der Waals surface area contributed by atoms with E-state index in [9.17, 15) is 9.59 Å². The van der Waals surface area contributed by atoms with Crippen molar-refractivity contribution in [2.45, 2.75) is 20.3 Å². The number of rotatable bonds is 5. The van der Waals surface area contributed by atoms with Gasteiger partial charge in [0.15, 0.2) is 0 Å². The average molecular weight is 198 g/mol. The quantitative estimate of drug-likeness (QED) is 0.596. The Labute approximate surface area is 83.2 Å². The zero-order valence-corrected chi connectivity index (χ0v) is 8.45. The summed E-state index contributed by atoms with van der Waals surface area (Å²) in [7, 11) is 0. The highest BCUT2D eigenvalue weighted by Gasteiger charge is 2.13. The lowest BCUT2D eigenvalue weighted by molar-refractivity contribution is -0.148. The van der Waals surface area contributed by atoms with Crippen LogP contribution in [0, 0.1) is 11.3 Å². The van der Waals surface area contributed by atoms with Crippen molar-refractivity contribution in [3.63, 3.8) is 0 Å². The van der Waals surface area contributed by atoms with E-state index in [-0.39, 0.29) is 25.4 Å². The molecule has 0 fully saturated rings. The van der Waals surface area contributed by atoms with Crippen LogP contribution < -0.4 is 0 Å². The number of amides is 1. The van der Waals surface area contributed by atoms with Crippen molar-refractivity contribution in [2.75, 3.05) is 19.7 Å². The molecule has 0 aromatic carbocycles. The van der Waals surface area contributed by atoms with E-state index in [0.29, 0.717) is 6.61 Å². The van der Waals surface area contributed by atoms with Gasteiger partial charge in [-0.05, 0) is 6.92 Å². The largest absolute Gasteiger partial charge is 0.465 e. The first-order valence-electron chi connectivity index (χ1n) is 4.39. The molecule has 0 saturated heterocycles. The van der Waals surface area contributed by atoms with E-state index in [1.807, 2.05) is 6.07 Å².